The first kappa shape index (κ1) is 23.7. The lowest BCUT2D eigenvalue weighted by Gasteiger charge is -2.31. The number of fused-ring (bicyclic) bond motifs is 1. The third-order valence-electron chi connectivity index (χ3n) is 5.92. The first-order valence-corrected chi connectivity index (χ1v) is 12.1. The number of anilines is 1. The van der Waals surface area contributed by atoms with Crippen LogP contribution < -0.4 is 20.1 Å². The lowest BCUT2D eigenvalue weighted by Crippen LogP contribution is -2.45. The van der Waals surface area contributed by atoms with E-state index >= 15 is 0 Å². The van der Waals surface area contributed by atoms with Gasteiger partial charge in [0.2, 0.25) is 22.7 Å². The Morgan fingerprint density at radius 1 is 1.08 bits per heavy atom. The summed E-state index contributed by atoms with van der Waals surface area (Å²) in [7, 11) is 0. The number of hydrogen-bond acceptors (Lipinski definition) is 8. The number of amides is 3. The van der Waals surface area contributed by atoms with Gasteiger partial charge in [0.1, 0.15) is 5.82 Å². The quantitative estimate of drug-likeness (QED) is 0.522. The first-order chi connectivity index (χ1) is 17.5. The van der Waals surface area contributed by atoms with Gasteiger partial charge < -0.3 is 25.0 Å². The second-order valence-electron chi connectivity index (χ2n) is 8.33. The Bertz CT molecular complexity index is 1320. The van der Waals surface area contributed by atoms with Crippen LogP contribution in [0.15, 0.2) is 42.5 Å². The van der Waals surface area contributed by atoms with Crippen molar-refractivity contribution in [3.63, 3.8) is 0 Å². The van der Waals surface area contributed by atoms with E-state index in [2.05, 4.69) is 20.8 Å². The van der Waals surface area contributed by atoms with Crippen molar-refractivity contribution in [2.45, 2.75) is 19.4 Å². The Hall–Kier alpha value is -4.06. The fourth-order valence-electron chi connectivity index (χ4n) is 4.04. The largest absolute Gasteiger partial charge is 0.454 e. The molecule has 186 valence electrons. The minimum absolute atomic E-state index is 0.0345. The second kappa shape index (κ2) is 10.3. The third kappa shape index (κ3) is 5.13. The molecule has 0 radical (unpaired) electrons. The van der Waals surface area contributed by atoms with E-state index in [-0.39, 0.29) is 47.5 Å². The van der Waals surface area contributed by atoms with E-state index in [1.54, 1.807) is 36.4 Å². The molecule has 2 aliphatic rings. The predicted octanol–water partition coefficient (Wildman–Crippen LogP) is 2.83. The molecule has 0 spiro atoms. The van der Waals surface area contributed by atoms with Crippen LogP contribution in [-0.2, 0) is 11.3 Å². The Morgan fingerprint density at radius 3 is 2.75 bits per heavy atom. The van der Waals surface area contributed by atoms with E-state index in [1.807, 2.05) is 0 Å². The molecule has 1 atom stereocenters. The van der Waals surface area contributed by atoms with Crippen molar-refractivity contribution in [3.8, 4) is 11.5 Å². The zero-order chi connectivity index (χ0) is 25.1. The number of carbonyl (C=O) groups is 3. The van der Waals surface area contributed by atoms with Gasteiger partial charge in [0, 0.05) is 37.0 Å². The highest BCUT2D eigenvalue weighted by Gasteiger charge is 2.31. The highest BCUT2D eigenvalue weighted by molar-refractivity contribution is 7.15. The molecule has 12 heteroatoms. The summed E-state index contributed by atoms with van der Waals surface area (Å²) < 4.78 is 24.4. The van der Waals surface area contributed by atoms with E-state index < -0.39 is 11.8 Å². The average Bonchev–Trinajstić information content (AvgIpc) is 3.57. The van der Waals surface area contributed by atoms with Crippen LogP contribution in [0.2, 0.25) is 0 Å². The standard InChI is InChI=1S/C24H22FN5O5S/c25-17-6-2-1-4-14(17)11-26-20(31)15-5-3-9-30(12-15)24(33)23-29-28-22(36-23)21(32)27-16-7-8-18-19(10-16)35-13-34-18/h1-2,4,6-8,10,15H,3,5,9,11-13H2,(H,26,31)(H,27,32). The van der Waals surface area contributed by atoms with Gasteiger partial charge in [-0.2, -0.15) is 0 Å². The van der Waals surface area contributed by atoms with Crippen LogP contribution in [-0.4, -0.2) is 52.7 Å². The molecule has 0 aliphatic carbocycles. The van der Waals surface area contributed by atoms with Crippen molar-refractivity contribution in [3.05, 3.63) is 63.9 Å². The number of ether oxygens (including phenoxy) is 2. The van der Waals surface area contributed by atoms with Crippen LogP contribution in [0.5, 0.6) is 11.5 Å². The number of aromatic nitrogens is 2. The monoisotopic (exact) mass is 511 g/mol. The molecule has 0 bridgehead atoms. The number of carbonyl (C=O) groups excluding carboxylic acids is 3. The minimum atomic E-state index is -0.505. The lowest BCUT2D eigenvalue weighted by molar-refractivity contribution is -0.126. The molecule has 5 rings (SSSR count). The van der Waals surface area contributed by atoms with Gasteiger partial charge in [0.05, 0.1) is 5.92 Å². The number of rotatable bonds is 6. The summed E-state index contributed by atoms with van der Waals surface area (Å²) in [5.74, 6) is -0.812. The van der Waals surface area contributed by atoms with Crippen LogP contribution in [0.3, 0.4) is 0 Å². The molecule has 1 unspecified atom stereocenters. The maximum Gasteiger partial charge on any atom is 0.286 e. The molecule has 2 aliphatic heterocycles. The summed E-state index contributed by atoms with van der Waals surface area (Å²) in [5, 5.41) is 13.3. The molecule has 0 saturated carbocycles. The molecule has 3 aromatic rings. The first-order valence-electron chi connectivity index (χ1n) is 11.3. The number of piperidine rings is 1. The number of halogens is 1. The van der Waals surface area contributed by atoms with Gasteiger partial charge in [0.15, 0.2) is 11.5 Å². The molecule has 1 fully saturated rings. The fourth-order valence-corrected chi connectivity index (χ4v) is 4.75. The maximum atomic E-state index is 13.8. The molecule has 3 amide bonds. The Morgan fingerprint density at radius 2 is 1.89 bits per heavy atom. The summed E-state index contributed by atoms with van der Waals surface area (Å²) in [6.45, 7) is 0.877. The van der Waals surface area contributed by atoms with Crippen LogP contribution >= 0.6 is 11.3 Å². The van der Waals surface area contributed by atoms with Gasteiger partial charge in [-0.3, -0.25) is 14.4 Å². The number of benzene rings is 2. The molecule has 3 heterocycles. The summed E-state index contributed by atoms with van der Waals surface area (Å²) in [6, 6.07) is 11.2. The smallest absolute Gasteiger partial charge is 0.286 e. The summed E-state index contributed by atoms with van der Waals surface area (Å²) in [4.78, 5) is 39.8. The van der Waals surface area contributed by atoms with Crippen molar-refractivity contribution in [1.29, 1.82) is 0 Å². The van der Waals surface area contributed by atoms with Gasteiger partial charge in [0.25, 0.3) is 11.8 Å². The van der Waals surface area contributed by atoms with Gasteiger partial charge in [-0.1, -0.05) is 29.5 Å². The number of likely N-dealkylation sites (tertiary alicyclic amines) is 1. The van der Waals surface area contributed by atoms with E-state index in [1.165, 1.54) is 11.0 Å². The summed E-state index contributed by atoms with van der Waals surface area (Å²) in [5.41, 5.74) is 0.891. The normalized spacial score (nSPS) is 16.5. The molecule has 10 nitrogen and oxygen atoms in total. The Balaban J connectivity index is 1.17. The van der Waals surface area contributed by atoms with Crippen molar-refractivity contribution in [2.24, 2.45) is 5.92 Å². The molecular weight excluding hydrogens is 489 g/mol. The predicted molar refractivity (Wildman–Crippen MR) is 127 cm³/mol. The van der Waals surface area contributed by atoms with Crippen LogP contribution in [0, 0.1) is 11.7 Å². The molecule has 2 N–H and O–H groups in total. The lowest BCUT2D eigenvalue weighted by atomic mass is 9.97. The van der Waals surface area contributed by atoms with Crippen LogP contribution in [0.1, 0.15) is 38.0 Å². The van der Waals surface area contributed by atoms with Crippen LogP contribution in [0.4, 0.5) is 10.1 Å². The third-order valence-corrected chi connectivity index (χ3v) is 6.83. The maximum absolute atomic E-state index is 13.8. The van der Waals surface area contributed by atoms with Gasteiger partial charge in [-0.05, 0) is 31.0 Å². The van der Waals surface area contributed by atoms with Crippen molar-refractivity contribution >= 4 is 34.7 Å². The number of nitrogens with zero attached hydrogens (tertiary/aromatic N) is 3. The van der Waals surface area contributed by atoms with Crippen molar-refractivity contribution < 1.29 is 28.2 Å². The minimum Gasteiger partial charge on any atom is -0.454 e. The van der Waals surface area contributed by atoms with Gasteiger partial charge in [-0.15, -0.1) is 10.2 Å². The zero-order valence-electron chi connectivity index (χ0n) is 19.0. The molecule has 1 saturated heterocycles. The number of nitrogens with one attached hydrogen (secondary N) is 2. The van der Waals surface area contributed by atoms with Gasteiger partial charge >= 0.3 is 0 Å². The highest BCUT2D eigenvalue weighted by Crippen LogP contribution is 2.34. The fraction of sp³-hybridized carbons (Fsp3) is 0.292. The topological polar surface area (TPSA) is 123 Å². The number of hydrogen-bond donors (Lipinski definition) is 2. The van der Waals surface area contributed by atoms with E-state index in [9.17, 15) is 18.8 Å². The molecule has 1 aromatic heterocycles. The molecular formula is C24H22FN5O5S. The van der Waals surface area contributed by atoms with E-state index in [0.717, 1.165) is 11.3 Å². The molecule has 2 aromatic carbocycles. The van der Waals surface area contributed by atoms with Crippen LogP contribution in [0.25, 0.3) is 0 Å². The summed E-state index contributed by atoms with van der Waals surface area (Å²) >= 11 is 0.883. The zero-order valence-corrected chi connectivity index (χ0v) is 19.8. The average molecular weight is 512 g/mol. The molecule has 36 heavy (non-hydrogen) atoms. The van der Waals surface area contributed by atoms with E-state index in [0.29, 0.717) is 42.1 Å². The Labute approximate surface area is 209 Å². The Kier molecular flexibility index (Phi) is 6.76. The van der Waals surface area contributed by atoms with Gasteiger partial charge in [-0.25, -0.2) is 4.39 Å². The second-order valence-corrected chi connectivity index (χ2v) is 9.31. The highest BCUT2D eigenvalue weighted by atomic mass is 32.1. The SMILES string of the molecule is O=C(Nc1ccc2c(c1)OCO2)c1nnc(C(=O)N2CCCC(C(=O)NCc3ccccc3F)C2)s1. The van der Waals surface area contributed by atoms with E-state index in [4.69, 9.17) is 9.47 Å². The summed E-state index contributed by atoms with van der Waals surface area (Å²) in [6.07, 6.45) is 1.26. The van der Waals surface area contributed by atoms with Crippen molar-refractivity contribution in [1.82, 2.24) is 20.4 Å². The van der Waals surface area contributed by atoms with Crippen molar-refractivity contribution in [2.75, 3.05) is 25.2 Å².